The highest BCUT2D eigenvalue weighted by Gasteiger charge is 2.31. The molecule has 1 aliphatic carbocycles. The van der Waals surface area contributed by atoms with Crippen molar-refractivity contribution in [3.05, 3.63) is 11.6 Å². The normalized spacial score (nSPS) is 28.8. The van der Waals surface area contributed by atoms with Gasteiger partial charge < -0.3 is 10.1 Å². The van der Waals surface area contributed by atoms with Crippen molar-refractivity contribution in [3.8, 4) is 0 Å². The maximum Gasteiger partial charge on any atom is 0.333 e. The SMILES string of the molecule is CCOC(=O)C1=C[C@@H]2NC(=O)CC[C@H]2CC1. The highest BCUT2D eigenvalue weighted by Crippen LogP contribution is 2.30. The Morgan fingerprint density at radius 3 is 3.00 bits per heavy atom. The van der Waals surface area contributed by atoms with Crippen molar-refractivity contribution in [2.24, 2.45) is 5.92 Å². The molecule has 16 heavy (non-hydrogen) atoms. The molecule has 1 saturated heterocycles. The van der Waals surface area contributed by atoms with E-state index in [1.54, 1.807) is 6.92 Å². The first-order valence-corrected chi connectivity index (χ1v) is 5.88. The summed E-state index contributed by atoms with van der Waals surface area (Å²) in [6.45, 7) is 2.20. The van der Waals surface area contributed by atoms with Crippen LogP contribution in [0.3, 0.4) is 0 Å². The molecule has 1 heterocycles. The second-order valence-electron chi connectivity index (χ2n) is 4.34. The minimum absolute atomic E-state index is 0.0365. The summed E-state index contributed by atoms with van der Waals surface area (Å²) in [4.78, 5) is 22.8. The molecular formula is C12H17NO3. The Morgan fingerprint density at radius 1 is 1.50 bits per heavy atom. The van der Waals surface area contributed by atoms with Crippen LogP contribution in [0.25, 0.3) is 0 Å². The molecule has 0 radical (unpaired) electrons. The van der Waals surface area contributed by atoms with Crippen LogP contribution in [0.2, 0.25) is 0 Å². The summed E-state index contributed by atoms with van der Waals surface area (Å²) in [6.07, 6.45) is 5.17. The van der Waals surface area contributed by atoms with Crippen LogP contribution in [0.5, 0.6) is 0 Å². The monoisotopic (exact) mass is 223 g/mol. The van der Waals surface area contributed by atoms with Gasteiger partial charge in [0, 0.05) is 12.0 Å². The average molecular weight is 223 g/mol. The summed E-state index contributed by atoms with van der Waals surface area (Å²) in [5.41, 5.74) is 0.713. The molecule has 2 atom stereocenters. The fraction of sp³-hybridized carbons (Fsp3) is 0.667. The topological polar surface area (TPSA) is 55.4 Å². The lowest BCUT2D eigenvalue weighted by Crippen LogP contribution is -2.45. The van der Waals surface area contributed by atoms with Crippen LogP contribution in [-0.4, -0.2) is 24.5 Å². The van der Waals surface area contributed by atoms with Gasteiger partial charge in [0.25, 0.3) is 0 Å². The Kier molecular flexibility index (Phi) is 3.27. The van der Waals surface area contributed by atoms with Crippen LogP contribution in [0.4, 0.5) is 0 Å². The molecule has 1 fully saturated rings. The van der Waals surface area contributed by atoms with Gasteiger partial charge in [-0.05, 0) is 32.1 Å². The van der Waals surface area contributed by atoms with Crippen molar-refractivity contribution < 1.29 is 14.3 Å². The average Bonchev–Trinajstić information content (AvgIpc) is 2.28. The summed E-state index contributed by atoms with van der Waals surface area (Å²) in [5.74, 6) is 0.347. The zero-order chi connectivity index (χ0) is 11.5. The van der Waals surface area contributed by atoms with Gasteiger partial charge in [0.15, 0.2) is 0 Å². The molecule has 0 aromatic carbocycles. The Bertz CT molecular complexity index is 335. The summed E-state index contributed by atoms with van der Waals surface area (Å²) in [7, 11) is 0. The number of hydrogen-bond donors (Lipinski definition) is 1. The van der Waals surface area contributed by atoms with Crippen molar-refractivity contribution in [2.45, 2.75) is 38.6 Å². The molecule has 0 unspecified atom stereocenters. The van der Waals surface area contributed by atoms with Gasteiger partial charge >= 0.3 is 5.97 Å². The van der Waals surface area contributed by atoms with E-state index in [2.05, 4.69) is 5.32 Å². The smallest absolute Gasteiger partial charge is 0.333 e. The van der Waals surface area contributed by atoms with Crippen molar-refractivity contribution in [2.75, 3.05) is 6.61 Å². The fourth-order valence-corrected chi connectivity index (χ4v) is 2.41. The Hall–Kier alpha value is -1.32. The molecule has 2 aliphatic rings. The minimum Gasteiger partial charge on any atom is -0.463 e. The van der Waals surface area contributed by atoms with Gasteiger partial charge in [0.1, 0.15) is 0 Å². The number of ether oxygens (including phenoxy) is 1. The Morgan fingerprint density at radius 2 is 2.25 bits per heavy atom. The van der Waals surface area contributed by atoms with Crippen LogP contribution < -0.4 is 5.32 Å². The second kappa shape index (κ2) is 4.68. The maximum absolute atomic E-state index is 11.6. The van der Waals surface area contributed by atoms with Gasteiger partial charge in [-0.3, -0.25) is 4.79 Å². The number of amides is 1. The molecule has 1 amide bonds. The summed E-state index contributed by atoms with van der Waals surface area (Å²) in [6, 6.07) is 0.0365. The van der Waals surface area contributed by atoms with E-state index < -0.39 is 0 Å². The lowest BCUT2D eigenvalue weighted by atomic mass is 9.80. The van der Waals surface area contributed by atoms with Gasteiger partial charge in [0.05, 0.1) is 12.6 Å². The number of esters is 1. The number of carbonyl (C=O) groups is 2. The number of hydrogen-bond acceptors (Lipinski definition) is 3. The van der Waals surface area contributed by atoms with E-state index in [0.717, 1.165) is 19.3 Å². The van der Waals surface area contributed by atoms with Crippen LogP contribution >= 0.6 is 0 Å². The molecule has 4 heteroatoms. The summed E-state index contributed by atoms with van der Waals surface area (Å²) in [5, 5.41) is 2.92. The third kappa shape index (κ3) is 2.26. The van der Waals surface area contributed by atoms with E-state index in [4.69, 9.17) is 4.74 Å². The molecular weight excluding hydrogens is 206 g/mol. The Labute approximate surface area is 95.0 Å². The number of fused-ring (bicyclic) bond motifs is 1. The van der Waals surface area contributed by atoms with Crippen molar-refractivity contribution in [1.82, 2.24) is 5.32 Å². The zero-order valence-electron chi connectivity index (χ0n) is 9.49. The highest BCUT2D eigenvalue weighted by atomic mass is 16.5. The number of carbonyl (C=O) groups excluding carboxylic acids is 2. The van der Waals surface area contributed by atoms with Gasteiger partial charge in [-0.1, -0.05) is 6.08 Å². The van der Waals surface area contributed by atoms with E-state index in [-0.39, 0.29) is 17.9 Å². The first-order chi connectivity index (χ1) is 7.70. The minimum atomic E-state index is -0.235. The quantitative estimate of drug-likeness (QED) is 0.715. The molecule has 0 aromatic rings. The van der Waals surface area contributed by atoms with Crippen molar-refractivity contribution in [3.63, 3.8) is 0 Å². The standard InChI is InChI=1S/C12H17NO3/c1-2-16-12(15)9-4-3-8-5-6-11(14)13-10(8)7-9/h7-8,10H,2-6H2,1H3,(H,13,14)/t8-,10+/m1/s1. The fourth-order valence-electron chi connectivity index (χ4n) is 2.41. The van der Waals surface area contributed by atoms with Crippen LogP contribution in [0.1, 0.15) is 32.6 Å². The summed E-state index contributed by atoms with van der Waals surface area (Å²) < 4.78 is 4.97. The van der Waals surface area contributed by atoms with Gasteiger partial charge in [-0.25, -0.2) is 4.79 Å². The lowest BCUT2D eigenvalue weighted by molar-refractivity contribution is -0.139. The molecule has 2 rings (SSSR count). The van der Waals surface area contributed by atoms with E-state index in [0.29, 0.717) is 24.5 Å². The molecule has 1 N–H and O–H groups in total. The number of nitrogens with one attached hydrogen (secondary N) is 1. The highest BCUT2D eigenvalue weighted by molar-refractivity contribution is 5.89. The van der Waals surface area contributed by atoms with Crippen molar-refractivity contribution in [1.29, 1.82) is 0 Å². The molecule has 0 saturated carbocycles. The number of rotatable bonds is 2. The molecule has 88 valence electrons. The van der Waals surface area contributed by atoms with Crippen LogP contribution in [0, 0.1) is 5.92 Å². The maximum atomic E-state index is 11.6. The van der Waals surface area contributed by atoms with Crippen LogP contribution in [-0.2, 0) is 14.3 Å². The Balaban J connectivity index is 2.06. The first-order valence-electron chi connectivity index (χ1n) is 5.88. The second-order valence-corrected chi connectivity index (χ2v) is 4.34. The van der Waals surface area contributed by atoms with Gasteiger partial charge in [0.2, 0.25) is 5.91 Å². The van der Waals surface area contributed by atoms with Crippen LogP contribution in [0.15, 0.2) is 11.6 Å². The predicted molar refractivity (Wildman–Crippen MR) is 58.6 cm³/mol. The van der Waals surface area contributed by atoms with E-state index >= 15 is 0 Å². The van der Waals surface area contributed by atoms with E-state index in [1.807, 2.05) is 6.08 Å². The molecule has 1 aliphatic heterocycles. The molecule has 4 nitrogen and oxygen atoms in total. The molecule has 0 spiro atoms. The number of piperidine rings is 1. The molecule has 0 aromatic heterocycles. The third-order valence-corrected chi connectivity index (χ3v) is 3.28. The lowest BCUT2D eigenvalue weighted by Gasteiger charge is -2.34. The molecule has 0 bridgehead atoms. The zero-order valence-corrected chi connectivity index (χ0v) is 9.49. The first kappa shape index (κ1) is 11.2. The van der Waals surface area contributed by atoms with Gasteiger partial charge in [-0.2, -0.15) is 0 Å². The van der Waals surface area contributed by atoms with E-state index in [9.17, 15) is 9.59 Å². The summed E-state index contributed by atoms with van der Waals surface area (Å²) >= 11 is 0. The van der Waals surface area contributed by atoms with E-state index in [1.165, 1.54) is 0 Å². The predicted octanol–water partition coefficient (Wildman–Crippen LogP) is 1.16. The largest absolute Gasteiger partial charge is 0.463 e. The van der Waals surface area contributed by atoms with Crippen molar-refractivity contribution >= 4 is 11.9 Å². The third-order valence-electron chi connectivity index (χ3n) is 3.28. The van der Waals surface area contributed by atoms with Gasteiger partial charge in [-0.15, -0.1) is 0 Å².